The summed E-state index contributed by atoms with van der Waals surface area (Å²) < 4.78 is 0. The van der Waals surface area contributed by atoms with Crippen LogP contribution in [0.3, 0.4) is 0 Å². The number of aliphatic hydroxyl groups is 1. The Bertz CT molecular complexity index is 243. The fourth-order valence-electron chi connectivity index (χ4n) is 0.951. The fraction of sp³-hybridized carbons (Fsp3) is 0.222. The molecule has 0 spiro atoms. The average molecular weight is 150 g/mol. The minimum Gasteiger partial charge on any atom is -0.392 e. The van der Waals surface area contributed by atoms with Gasteiger partial charge in [0, 0.05) is 6.42 Å². The van der Waals surface area contributed by atoms with Gasteiger partial charge in [-0.3, -0.25) is 0 Å². The molecule has 0 aliphatic heterocycles. The highest BCUT2D eigenvalue weighted by Gasteiger charge is 1.92. The third-order valence-electron chi connectivity index (χ3n) is 1.49. The van der Waals surface area contributed by atoms with Crippen LogP contribution in [0.1, 0.15) is 11.1 Å². The van der Waals surface area contributed by atoms with Gasteiger partial charge in [0.15, 0.2) is 0 Å². The summed E-state index contributed by atoms with van der Waals surface area (Å²) in [4.78, 5) is 10.1. The number of rotatable bonds is 3. The second kappa shape index (κ2) is 3.88. The lowest BCUT2D eigenvalue weighted by Gasteiger charge is -1.97. The average Bonchev–Trinajstić information content (AvgIpc) is 2.06. The Kier molecular flexibility index (Phi) is 2.81. The van der Waals surface area contributed by atoms with E-state index in [4.69, 9.17) is 5.11 Å². The van der Waals surface area contributed by atoms with Gasteiger partial charge in [0.2, 0.25) is 0 Å². The molecule has 11 heavy (non-hydrogen) atoms. The van der Waals surface area contributed by atoms with Gasteiger partial charge in [-0.05, 0) is 11.1 Å². The van der Waals surface area contributed by atoms with Crippen molar-refractivity contribution in [2.24, 2.45) is 0 Å². The number of hydrogen-bond donors (Lipinski definition) is 1. The Morgan fingerprint density at radius 2 is 2.09 bits per heavy atom. The maximum atomic E-state index is 10.1. The standard InChI is InChI=1S/C9H10O2/c10-5-4-8-2-1-3-9(6-8)7-11/h1-3,5-6,11H,4,7H2. The van der Waals surface area contributed by atoms with Crippen LogP contribution in [0.2, 0.25) is 0 Å². The Labute approximate surface area is 65.5 Å². The van der Waals surface area contributed by atoms with Crippen molar-refractivity contribution in [1.82, 2.24) is 0 Å². The molecule has 0 bridgehead atoms. The fourth-order valence-corrected chi connectivity index (χ4v) is 0.951. The summed E-state index contributed by atoms with van der Waals surface area (Å²) in [5.41, 5.74) is 1.80. The maximum Gasteiger partial charge on any atom is 0.124 e. The molecular weight excluding hydrogens is 140 g/mol. The number of benzene rings is 1. The quantitative estimate of drug-likeness (QED) is 0.650. The number of aldehydes is 1. The molecule has 1 aromatic carbocycles. The van der Waals surface area contributed by atoms with E-state index in [1.807, 2.05) is 24.3 Å². The SMILES string of the molecule is O=CCc1cccc(CO)c1. The van der Waals surface area contributed by atoms with Gasteiger partial charge in [-0.1, -0.05) is 24.3 Å². The largest absolute Gasteiger partial charge is 0.392 e. The van der Waals surface area contributed by atoms with Gasteiger partial charge in [-0.25, -0.2) is 0 Å². The Balaban J connectivity index is 2.82. The predicted octanol–water partition coefficient (Wildman–Crippen LogP) is 0.920. The molecule has 0 unspecified atom stereocenters. The molecule has 2 nitrogen and oxygen atoms in total. The first-order chi connectivity index (χ1) is 5.36. The van der Waals surface area contributed by atoms with Crippen LogP contribution in [0.15, 0.2) is 24.3 Å². The Morgan fingerprint density at radius 3 is 2.73 bits per heavy atom. The van der Waals surface area contributed by atoms with Crippen LogP contribution in [0.4, 0.5) is 0 Å². The van der Waals surface area contributed by atoms with Gasteiger partial charge in [0.05, 0.1) is 6.61 Å². The molecule has 1 N–H and O–H groups in total. The van der Waals surface area contributed by atoms with Crippen LogP contribution < -0.4 is 0 Å². The first-order valence-electron chi connectivity index (χ1n) is 3.49. The van der Waals surface area contributed by atoms with Crippen molar-refractivity contribution in [2.45, 2.75) is 13.0 Å². The van der Waals surface area contributed by atoms with Gasteiger partial charge in [0.25, 0.3) is 0 Å². The Morgan fingerprint density at radius 1 is 1.36 bits per heavy atom. The molecule has 0 aliphatic carbocycles. The molecule has 1 rings (SSSR count). The summed E-state index contributed by atoms with van der Waals surface area (Å²) in [6.07, 6.45) is 1.28. The van der Waals surface area contributed by atoms with Crippen LogP contribution in [-0.4, -0.2) is 11.4 Å². The van der Waals surface area contributed by atoms with Crippen LogP contribution in [0, 0.1) is 0 Å². The van der Waals surface area contributed by atoms with Crippen molar-refractivity contribution in [3.63, 3.8) is 0 Å². The van der Waals surface area contributed by atoms with Crippen LogP contribution >= 0.6 is 0 Å². The van der Waals surface area contributed by atoms with Crippen molar-refractivity contribution < 1.29 is 9.90 Å². The van der Waals surface area contributed by atoms with E-state index in [1.165, 1.54) is 0 Å². The molecule has 0 amide bonds. The third-order valence-corrected chi connectivity index (χ3v) is 1.49. The molecule has 0 fully saturated rings. The van der Waals surface area contributed by atoms with E-state index in [0.717, 1.165) is 17.4 Å². The molecule has 0 saturated heterocycles. The van der Waals surface area contributed by atoms with Crippen molar-refractivity contribution in [3.8, 4) is 0 Å². The van der Waals surface area contributed by atoms with Crippen LogP contribution in [-0.2, 0) is 17.8 Å². The first-order valence-corrected chi connectivity index (χ1v) is 3.49. The van der Waals surface area contributed by atoms with Gasteiger partial charge in [-0.2, -0.15) is 0 Å². The van der Waals surface area contributed by atoms with Gasteiger partial charge in [-0.15, -0.1) is 0 Å². The van der Waals surface area contributed by atoms with E-state index in [-0.39, 0.29) is 6.61 Å². The third kappa shape index (κ3) is 2.16. The molecule has 0 saturated carbocycles. The minimum atomic E-state index is 0.0344. The topological polar surface area (TPSA) is 37.3 Å². The van der Waals surface area contributed by atoms with Gasteiger partial charge >= 0.3 is 0 Å². The lowest BCUT2D eigenvalue weighted by atomic mass is 10.1. The van der Waals surface area contributed by atoms with E-state index in [2.05, 4.69) is 0 Å². The number of carbonyl (C=O) groups is 1. The zero-order chi connectivity index (χ0) is 8.10. The van der Waals surface area contributed by atoms with E-state index in [1.54, 1.807) is 0 Å². The molecule has 0 aromatic heterocycles. The summed E-state index contributed by atoms with van der Waals surface area (Å²) in [7, 11) is 0. The molecular formula is C9H10O2. The highest BCUT2D eigenvalue weighted by atomic mass is 16.3. The van der Waals surface area contributed by atoms with E-state index >= 15 is 0 Å². The second-order valence-electron chi connectivity index (χ2n) is 2.35. The summed E-state index contributed by atoms with van der Waals surface area (Å²) >= 11 is 0. The van der Waals surface area contributed by atoms with Crippen molar-refractivity contribution in [3.05, 3.63) is 35.4 Å². The molecule has 58 valence electrons. The zero-order valence-electron chi connectivity index (χ0n) is 6.16. The zero-order valence-corrected chi connectivity index (χ0v) is 6.16. The summed E-state index contributed by atoms with van der Waals surface area (Å²) in [6, 6.07) is 7.36. The van der Waals surface area contributed by atoms with Gasteiger partial charge in [0.1, 0.15) is 6.29 Å². The van der Waals surface area contributed by atoms with Crippen LogP contribution in [0.5, 0.6) is 0 Å². The number of aliphatic hydroxyl groups excluding tert-OH is 1. The van der Waals surface area contributed by atoms with Crippen molar-refractivity contribution in [1.29, 1.82) is 0 Å². The Hall–Kier alpha value is -1.15. The number of carbonyl (C=O) groups excluding carboxylic acids is 1. The normalized spacial score (nSPS) is 9.55. The lowest BCUT2D eigenvalue weighted by molar-refractivity contribution is -0.107. The number of hydrogen-bond acceptors (Lipinski definition) is 2. The first kappa shape index (κ1) is 7.95. The molecule has 0 atom stereocenters. The summed E-state index contributed by atoms with van der Waals surface area (Å²) in [5, 5.41) is 8.74. The predicted molar refractivity (Wildman–Crippen MR) is 42.1 cm³/mol. The minimum absolute atomic E-state index is 0.0344. The van der Waals surface area contributed by atoms with E-state index in [9.17, 15) is 4.79 Å². The maximum absolute atomic E-state index is 10.1. The monoisotopic (exact) mass is 150 g/mol. The summed E-state index contributed by atoms with van der Waals surface area (Å²) in [5.74, 6) is 0. The van der Waals surface area contributed by atoms with Crippen molar-refractivity contribution in [2.75, 3.05) is 0 Å². The molecule has 0 aliphatic rings. The molecule has 0 heterocycles. The van der Waals surface area contributed by atoms with E-state index in [0.29, 0.717) is 6.42 Å². The second-order valence-corrected chi connectivity index (χ2v) is 2.35. The summed E-state index contributed by atoms with van der Waals surface area (Å²) in [6.45, 7) is 0.0344. The lowest BCUT2D eigenvalue weighted by Crippen LogP contribution is -1.88. The van der Waals surface area contributed by atoms with E-state index < -0.39 is 0 Å². The molecule has 1 aromatic rings. The molecule has 2 heteroatoms. The van der Waals surface area contributed by atoms with Crippen LogP contribution in [0.25, 0.3) is 0 Å². The molecule has 0 radical (unpaired) electrons. The highest BCUT2D eigenvalue weighted by Crippen LogP contribution is 2.04. The van der Waals surface area contributed by atoms with Crippen molar-refractivity contribution >= 4 is 6.29 Å². The smallest absolute Gasteiger partial charge is 0.124 e. The highest BCUT2D eigenvalue weighted by molar-refractivity contribution is 5.55. The van der Waals surface area contributed by atoms with Gasteiger partial charge < -0.3 is 9.90 Å².